The molecule has 16 aromatic carbocycles. The summed E-state index contributed by atoms with van der Waals surface area (Å²) in [6, 6.07) is 115. The molecule has 4 nitrogen and oxygen atoms in total. The van der Waals surface area contributed by atoms with Gasteiger partial charge >= 0.3 is 0 Å². The number of nitrogens with zero attached hydrogens (tertiary/aromatic N) is 4. The molecule has 0 unspecified atom stereocenters. The van der Waals surface area contributed by atoms with E-state index in [1.165, 1.54) is 197 Å². The second-order valence-electron chi connectivity index (χ2n) is 28.1. The first-order valence-corrected chi connectivity index (χ1v) is 44.1. The summed E-state index contributed by atoms with van der Waals surface area (Å²) in [7, 11) is 8.46. The molecule has 20 rings (SSSR count). The Morgan fingerprint density at radius 2 is 0.375 bits per heavy atom. The molecule has 0 aliphatic rings. The van der Waals surface area contributed by atoms with E-state index in [2.05, 4.69) is 414 Å². The number of benzene rings is 16. The Bertz CT molecular complexity index is 6730. The number of rotatable bonds is 4. The summed E-state index contributed by atoms with van der Waals surface area (Å²) in [6.07, 6.45) is 8.46. The third-order valence-electron chi connectivity index (χ3n) is 21.6. The Labute approximate surface area is 717 Å². The summed E-state index contributed by atoms with van der Waals surface area (Å²) in [5, 5.41) is 31.3. The normalized spacial score (nSPS) is 10.3. The summed E-state index contributed by atoms with van der Waals surface area (Å²) >= 11 is 0. The predicted octanol–water partition coefficient (Wildman–Crippen LogP) is 32.0. The molecule has 0 spiro atoms. The standard InChI is InChI=1S/4C25H20N.8C2H6/c1-17-10-11-20-15-14-19-13-12-18-7-3-4-8-21(18)24(19)25(20)23(17)22-9-5-6-16-26(22)2;1-17-10-11-20-15-22-19(13-12-18-7-3-4-8-21(18)22)16-23(20)25(17)24-9-5-6-14-26(24)2;1-17-10-11-20-15-19-13-12-18-7-3-4-8-21(18)22(19)16-23(20)25(17)24-9-5-6-14-26(24)2;1-17-10-11-20-15-21-13-18-7-3-4-8-19(18)14-22(21)16-23(20)25(17)24-9-5-6-12-26(24)2;8*1-2/h4*3-16H,1-2H3;8*1-2H3/q4*+1;;;;;;;;. The highest BCUT2D eigenvalue weighted by atomic mass is 14.9. The molecule has 0 bridgehead atoms. The lowest BCUT2D eigenvalue weighted by molar-refractivity contribution is -0.660. The van der Waals surface area contributed by atoms with E-state index in [4.69, 9.17) is 0 Å². The number of fused-ring (bicyclic) bond motifs is 16. The van der Waals surface area contributed by atoms with Gasteiger partial charge in [0.2, 0.25) is 22.8 Å². The lowest BCUT2D eigenvalue weighted by atomic mass is 9.90. The van der Waals surface area contributed by atoms with Gasteiger partial charge in [-0.05, 0) is 247 Å². The van der Waals surface area contributed by atoms with E-state index in [1.807, 2.05) is 111 Å². The molecule has 0 saturated carbocycles. The maximum Gasteiger partial charge on any atom is 0.213 e. The van der Waals surface area contributed by atoms with Gasteiger partial charge in [-0.3, -0.25) is 0 Å². The monoisotopic (exact) mass is 1580 g/mol. The maximum atomic E-state index is 2.38. The van der Waals surface area contributed by atoms with Crippen molar-refractivity contribution in [1.29, 1.82) is 0 Å². The molecule has 120 heavy (non-hydrogen) atoms. The van der Waals surface area contributed by atoms with Crippen LogP contribution in [0.1, 0.15) is 133 Å². The minimum atomic E-state index is 1.25. The van der Waals surface area contributed by atoms with E-state index in [1.54, 1.807) is 0 Å². The van der Waals surface area contributed by atoms with Crippen molar-refractivity contribution in [1.82, 2.24) is 0 Å². The summed E-state index contributed by atoms with van der Waals surface area (Å²) in [5.41, 5.74) is 15.5. The van der Waals surface area contributed by atoms with Gasteiger partial charge in [-0.25, -0.2) is 18.3 Å². The molecular formula is C116H128N4+4. The minimum absolute atomic E-state index is 1.25. The largest absolute Gasteiger partial charge is 0.213 e. The highest BCUT2D eigenvalue weighted by molar-refractivity contribution is 6.24. The molecule has 0 radical (unpaired) electrons. The van der Waals surface area contributed by atoms with Crippen molar-refractivity contribution in [2.24, 2.45) is 28.2 Å². The molecule has 4 aromatic heterocycles. The molecule has 20 aromatic rings. The van der Waals surface area contributed by atoms with E-state index < -0.39 is 0 Å². The molecule has 0 aliphatic heterocycles. The van der Waals surface area contributed by atoms with Crippen LogP contribution < -0.4 is 18.3 Å². The summed E-state index contributed by atoms with van der Waals surface area (Å²) in [4.78, 5) is 0. The fourth-order valence-electron chi connectivity index (χ4n) is 16.2. The zero-order valence-corrected chi connectivity index (χ0v) is 76.1. The van der Waals surface area contributed by atoms with E-state index in [9.17, 15) is 0 Å². The zero-order valence-electron chi connectivity index (χ0n) is 76.1. The number of aryl methyl sites for hydroxylation is 8. The van der Waals surface area contributed by atoms with Crippen molar-refractivity contribution in [2.75, 3.05) is 0 Å². The van der Waals surface area contributed by atoms with Crippen molar-refractivity contribution in [3.05, 3.63) is 362 Å². The van der Waals surface area contributed by atoms with Crippen molar-refractivity contribution >= 4 is 129 Å². The van der Waals surface area contributed by atoms with E-state index >= 15 is 0 Å². The SMILES string of the molecule is CC.CC.CC.CC.CC.CC.CC.CC.Cc1ccc2cc3c(ccc4ccccc43)cc2c1-c1cccc[n+]1C.Cc1ccc2cc3cc4ccccc4cc3cc2c1-c1cccc[n+]1C.Cc1ccc2cc3ccc4ccccc4c3cc2c1-c1cccc[n+]1C.Cc1ccc2ccc3ccc4ccccc4c3c2c1-c1cccc[n+]1C. The van der Waals surface area contributed by atoms with Gasteiger partial charge in [0.05, 0.1) is 22.3 Å². The first-order valence-electron chi connectivity index (χ1n) is 44.1. The summed E-state index contributed by atoms with van der Waals surface area (Å²) in [6.45, 7) is 40.8. The third-order valence-corrected chi connectivity index (χ3v) is 21.6. The third kappa shape index (κ3) is 19.3. The van der Waals surface area contributed by atoms with Gasteiger partial charge in [-0.1, -0.05) is 305 Å². The Morgan fingerprint density at radius 3 is 0.775 bits per heavy atom. The van der Waals surface area contributed by atoms with Crippen LogP contribution >= 0.6 is 0 Å². The molecule has 0 N–H and O–H groups in total. The predicted molar refractivity (Wildman–Crippen MR) is 532 cm³/mol. The van der Waals surface area contributed by atoms with Gasteiger partial charge in [0.1, 0.15) is 28.2 Å². The average molecular weight is 1580 g/mol. The number of hydrogen-bond donors (Lipinski definition) is 0. The van der Waals surface area contributed by atoms with Gasteiger partial charge < -0.3 is 0 Å². The number of pyridine rings is 4. The van der Waals surface area contributed by atoms with Crippen LogP contribution in [0, 0.1) is 27.7 Å². The Morgan fingerprint density at radius 1 is 0.150 bits per heavy atom. The fraction of sp³-hybridized carbons (Fsp3) is 0.207. The zero-order chi connectivity index (χ0) is 86.7. The number of hydrogen-bond acceptors (Lipinski definition) is 0. The molecular weight excluding hydrogens is 1450 g/mol. The minimum Gasteiger partial charge on any atom is -0.201 e. The van der Waals surface area contributed by atoms with Gasteiger partial charge in [-0.15, -0.1) is 0 Å². The second-order valence-corrected chi connectivity index (χ2v) is 28.1. The highest BCUT2D eigenvalue weighted by Gasteiger charge is 2.22. The Hall–Kier alpha value is -12.8. The van der Waals surface area contributed by atoms with E-state index in [0.717, 1.165) is 0 Å². The molecule has 0 saturated heterocycles. The van der Waals surface area contributed by atoms with Crippen LogP contribution in [0.2, 0.25) is 0 Å². The van der Waals surface area contributed by atoms with E-state index in [0.29, 0.717) is 0 Å². The molecule has 608 valence electrons. The van der Waals surface area contributed by atoms with E-state index in [-0.39, 0.29) is 0 Å². The van der Waals surface area contributed by atoms with Crippen molar-refractivity contribution in [3.63, 3.8) is 0 Å². The van der Waals surface area contributed by atoms with Crippen molar-refractivity contribution in [3.8, 4) is 45.0 Å². The van der Waals surface area contributed by atoms with Crippen LogP contribution in [0.25, 0.3) is 174 Å². The lowest BCUT2D eigenvalue weighted by Gasteiger charge is -2.13. The van der Waals surface area contributed by atoms with Gasteiger partial charge in [0, 0.05) is 53.9 Å². The first kappa shape index (κ1) is 91.1. The Kier molecular flexibility index (Phi) is 33.5. The van der Waals surface area contributed by atoms with Crippen LogP contribution in [0.15, 0.2) is 340 Å². The first-order chi connectivity index (χ1) is 58.9. The highest BCUT2D eigenvalue weighted by Crippen LogP contribution is 2.42. The molecule has 0 fully saturated rings. The molecule has 4 heterocycles. The van der Waals surface area contributed by atoms with Crippen LogP contribution in [-0.4, -0.2) is 0 Å². The topological polar surface area (TPSA) is 15.5 Å². The quantitative estimate of drug-likeness (QED) is 0.0948. The van der Waals surface area contributed by atoms with Gasteiger partial charge in [0.15, 0.2) is 24.8 Å². The number of aromatic nitrogens is 4. The van der Waals surface area contributed by atoms with Gasteiger partial charge in [-0.2, -0.15) is 0 Å². The summed E-state index contributed by atoms with van der Waals surface area (Å²) < 4.78 is 8.82. The smallest absolute Gasteiger partial charge is 0.201 e. The molecule has 0 atom stereocenters. The van der Waals surface area contributed by atoms with Crippen LogP contribution in [0.5, 0.6) is 0 Å². The van der Waals surface area contributed by atoms with Crippen LogP contribution in [-0.2, 0) is 28.2 Å². The lowest BCUT2D eigenvalue weighted by Crippen LogP contribution is -2.30. The fourth-order valence-corrected chi connectivity index (χ4v) is 16.2. The van der Waals surface area contributed by atoms with Crippen molar-refractivity contribution < 1.29 is 18.3 Å². The van der Waals surface area contributed by atoms with Gasteiger partial charge in [0.25, 0.3) is 0 Å². The Balaban J connectivity index is 0.000000172. The van der Waals surface area contributed by atoms with Crippen LogP contribution in [0.4, 0.5) is 0 Å². The van der Waals surface area contributed by atoms with Crippen LogP contribution in [0.3, 0.4) is 0 Å². The summed E-state index contributed by atoms with van der Waals surface area (Å²) in [5.74, 6) is 0. The molecule has 0 aliphatic carbocycles. The molecule has 4 heteroatoms. The molecule has 0 amide bonds. The average Bonchev–Trinajstić information content (AvgIpc) is 0.769. The second kappa shape index (κ2) is 44.2. The maximum absolute atomic E-state index is 2.38. The van der Waals surface area contributed by atoms with Crippen molar-refractivity contribution in [2.45, 2.75) is 138 Å².